The summed E-state index contributed by atoms with van der Waals surface area (Å²) in [5, 5.41) is 8.84. The van der Waals surface area contributed by atoms with Gasteiger partial charge in [-0.15, -0.1) is 24.7 Å². The van der Waals surface area contributed by atoms with Crippen molar-refractivity contribution in [2.45, 2.75) is 44.9 Å². The number of methoxy groups -OCH3 is 1. The normalized spacial score (nSPS) is 9.78. The molecule has 0 bridgehead atoms. The highest BCUT2D eigenvalue weighted by atomic mass is 16.5. The molecule has 0 spiro atoms. The van der Waals surface area contributed by atoms with E-state index in [1.54, 1.807) is 0 Å². The maximum absolute atomic E-state index is 11.9. The van der Waals surface area contributed by atoms with Crippen LogP contribution < -0.4 is 45.0 Å². The number of terminal acetylenes is 2. The molecule has 5 aromatic heterocycles. The van der Waals surface area contributed by atoms with Crippen molar-refractivity contribution in [3.63, 3.8) is 0 Å². The van der Waals surface area contributed by atoms with Gasteiger partial charge in [0.2, 0.25) is 11.4 Å². The Morgan fingerprint density at radius 2 is 1.20 bits per heavy atom. The number of ketones is 1. The van der Waals surface area contributed by atoms with Crippen molar-refractivity contribution in [1.82, 2.24) is 29.9 Å². The number of H-pyrrole nitrogens is 6. The van der Waals surface area contributed by atoms with Crippen molar-refractivity contribution >= 4 is 34.0 Å². The fourth-order valence-corrected chi connectivity index (χ4v) is 4.83. The van der Waals surface area contributed by atoms with Gasteiger partial charge >= 0.3 is 34.3 Å². The SMILES string of the molecule is C#CCCC(=O)CC(=O)OC.C#CCCc1cc(=O)oc2[nH]c(=O)[nH]c(=O)c12.O=c1[nH]c(=O)c2c(CCC#Cc3ccccc3)cc(=O)oc2[nH]1.O=c1cc(O)[nH]c(=O)[nH]1. The van der Waals surface area contributed by atoms with Crippen molar-refractivity contribution < 1.29 is 28.3 Å². The summed E-state index contributed by atoms with van der Waals surface area (Å²) < 4.78 is 13.9. The van der Waals surface area contributed by atoms with E-state index < -0.39 is 56.8 Å². The molecule has 0 saturated carbocycles. The Balaban J connectivity index is 0.000000229. The summed E-state index contributed by atoms with van der Waals surface area (Å²) in [6.07, 6.45) is 12.1. The molecule has 0 saturated heterocycles. The largest absolute Gasteiger partial charge is 0.494 e. The number of aryl methyl sites for hydroxylation is 2. The second kappa shape index (κ2) is 22.8. The molecular formula is C40H34N6O14. The first kappa shape index (κ1) is 45.7. The van der Waals surface area contributed by atoms with Gasteiger partial charge in [0.15, 0.2) is 5.88 Å². The van der Waals surface area contributed by atoms with Crippen LogP contribution in [0.4, 0.5) is 0 Å². The maximum atomic E-state index is 11.9. The quantitative estimate of drug-likeness (QED) is 0.0613. The number of fused-ring (bicyclic) bond motifs is 2. The van der Waals surface area contributed by atoms with Gasteiger partial charge in [-0.25, -0.2) is 24.0 Å². The van der Waals surface area contributed by atoms with Crippen molar-refractivity contribution in [2.24, 2.45) is 0 Å². The first-order chi connectivity index (χ1) is 28.6. The minimum Gasteiger partial charge on any atom is -0.494 e. The lowest BCUT2D eigenvalue weighted by Gasteiger charge is -2.01. The third-order valence-corrected chi connectivity index (χ3v) is 7.38. The Morgan fingerprint density at radius 3 is 1.68 bits per heavy atom. The Morgan fingerprint density at radius 1 is 0.683 bits per heavy atom. The molecule has 1 aromatic carbocycles. The van der Waals surface area contributed by atoms with E-state index in [1.165, 1.54) is 19.2 Å². The molecular weight excluding hydrogens is 788 g/mol. The molecule has 6 rings (SSSR count). The van der Waals surface area contributed by atoms with Gasteiger partial charge in [-0.3, -0.25) is 53.9 Å². The first-order valence-electron chi connectivity index (χ1n) is 17.2. The molecule has 308 valence electrons. The molecule has 0 atom stereocenters. The summed E-state index contributed by atoms with van der Waals surface area (Å²) in [7, 11) is 1.25. The molecule has 0 fully saturated rings. The monoisotopic (exact) mass is 822 g/mol. The lowest BCUT2D eigenvalue weighted by Crippen LogP contribution is -2.24. The molecule has 6 aromatic rings. The standard InChI is InChI=1S/C17H12N2O4.C11H8N2O4.C8H10O3.C4H4N2O3/c20-13-10-12(9-5-4-8-11-6-2-1-3-7-11)14-15(21)18-17(22)19-16(14)23-13;1-2-3-4-6-5-7(14)17-10-8(6)9(15)12-11(16)13-10;1-3-4-5-7(9)6-8(10)11-2;7-2-1-3(8)6-4(9)5-2/h1-3,6-7,10H,5,9H2,(H2,18,19,21,22);1,5H,3-4H2,(H2,12,13,15,16);1H,4-6H2,2H3;1H,(H3,5,6,7,8,9). The number of aromatic hydroxyl groups is 1. The van der Waals surface area contributed by atoms with E-state index in [0.29, 0.717) is 43.2 Å². The Labute approximate surface area is 334 Å². The first-order valence-corrected chi connectivity index (χ1v) is 17.2. The smallest absolute Gasteiger partial charge is 0.337 e. The van der Waals surface area contributed by atoms with E-state index >= 15 is 0 Å². The van der Waals surface area contributed by atoms with Crippen LogP contribution >= 0.6 is 0 Å². The molecule has 0 amide bonds. The van der Waals surface area contributed by atoms with Gasteiger partial charge in [0, 0.05) is 43.4 Å². The van der Waals surface area contributed by atoms with Crippen LogP contribution in [0.15, 0.2) is 95.7 Å². The summed E-state index contributed by atoms with van der Waals surface area (Å²) in [5.74, 6) is 9.63. The van der Waals surface area contributed by atoms with Gasteiger partial charge in [-0.2, -0.15) is 0 Å². The van der Waals surface area contributed by atoms with E-state index in [2.05, 4.69) is 48.4 Å². The molecule has 0 aliphatic rings. The zero-order chi connectivity index (χ0) is 44.2. The van der Waals surface area contributed by atoms with E-state index in [9.17, 15) is 47.9 Å². The zero-order valence-corrected chi connectivity index (χ0v) is 31.5. The number of aromatic nitrogens is 6. The summed E-state index contributed by atoms with van der Waals surface area (Å²) in [5.41, 5.74) is -3.58. The van der Waals surface area contributed by atoms with E-state index in [0.717, 1.165) is 11.6 Å². The molecule has 20 heteroatoms. The van der Waals surface area contributed by atoms with Crippen LogP contribution in [0, 0.1) is 36.5 Å². The summed E-state index contributed by atoms with van der Waals surface area (Å²) >= 11 is 0. The number of esters is 1. The molecule has 5 heterocycles. The van der Waals surface area contributed by atoms with Crippen LogP contribution in [0.2, 0.25) is 0 Å². The lowest BCUT2D eigenvalue weighted by molar-refractivity contribution is -0.143. The topological polar surface area (TPSA) is 321 Å². The van der Waals surface area contributed by atoms with Crippen LogP contribution in [0.1, 0.15) is 48.8 Å². The van der Waals surface area contributed by atoms with Gasteiger partial charge < -0.3 is 18.7 Å². The number of benzene rings is 1. The lowest BCUT2D eigenvalue weighted by atomic mass is 10.1. The second-order valence-corrected chi connectivity index (χ2v) is 11.7. The van der Waals surface area contributed by atoms with Crippen molar-refractivity contribution in [1.29, 1.82) is 0 Å². The Bertz CT molecular complexity index is 3080. The summed E-state index contributed by atoms with van der Waals surface area (Å²) in [4.78, 5) is 123. The van der Waals surface area contributed by atoms with E-state index in [1.807, 2.05) is 40.3 Å². The van der Waals surface area contributed by atoms with E-state index in [4.69, 9.17) is 26.8 Å². The highest BCUT2D eigenvalue weighted by Gasteiger charge is 2.12. The molecule has 0 aliphatic heterocycles. The van der Waals surface area contributed by atoms with E-state index in [-0.39, 0.29) is 40.8 Å². The number of hydrogen-bond donors (Lipinski definition) is 7. The number of nitrogens with one attached hydrogen (secondary N) is 6. The van der Waals surface area contributed by atoms with Crippen LogP contribution in [-0.2, 0) is 27.2 Å². The average molecular weight is 823 g/mol. The number of rotatable bonds is 8. The molecule has 0 radical (unpaired) electrons. The minimum absolute atomic E-state index is 0.114. The molecule has 0 aliphatic carbocycles. The fraction of sp³-hybridized carbons (Fsp3) is 0.200. The van der Waals surface area contributed by atoms with Crippen molar-refractivity contribution in [3.05, 3.63) is 149 Å². The van der Waals surface area contributed by atoms with Crippen LogP contribution in [-0.4, -0.2) is 53.9 Å². The maximum Gasteiger partial charge on any atom is 0.337 e. The summed E-state index contributed by atoms with van der Waals surface area (Å²) in [6, 6.07) is 12.8. The fourth-order valence-electron chi connectivity index (χ4n) is 4.83. The number of Topliss-reactive ketones (excluding diaryl/α,β-unsaturated/α-hetero) is 1. The van der Waals surface area contributed by atoms with Gasteiger partial charge in [0.1, 0.15) is 23.0 Å². The highest BCUT2D eigenvalue weighted by molar-refractivity contribution is 5.95. The van der Waals surface area contributed by atoms with Crippen molar-refractivity contribution in [2.75, 3.05) is 7.11 Å². The third-order valence-electron chi connectivity index (χ3n) is 7.38. The van der Waals surface area contributed by atoms with Crippen LogP contribution in [0.25, 0.3) is 22.2 Å². The average Bonchev–Trinajstić information content (AvgIpc) is 3.17. The summed E-state index contributed by atoms with van der Waals surface area (Å²) in [6.45, 7) is 0. The Hall–Kier alpha value is -8.70. The molecule has 60 heavy (non-hydrogen) atoms. The van der Waals surface area contributed by atoms with Crippen LogP contribution in [0.5, 0.6) is 5.88 Å². The molecule has 7 N–H and O–H groups in total. The molecule has 20 nitrogen and oxygen atoms in total. The number of aromatic amines is 6. The van der Waals surface area contributed by atoms with Gasteiger partial charge in [0.05, 0.1) is 13.2 Å². The van der Waals surface area contributed by atoms with Crippen molar-refractivity contribution in [3.8, 4) is 42.4 Å². The second-order valence-electron chi connectivity index (χ2n) is 11.7. The minimum atomic E-state index is -0.722. The third kappa shape index (κ3) is 14.8. The number of hydrogen-bond acceptors (Lipinski definition) is 14. The number of ether oxygens (including phenoxy) is 1. The Kier molecular flexibility index (Phi) is 17.3. The predicted octanol–water partition coefficient (Wildman–Crippen LogP) is 0.190. The highest BCUT2D eigenvalue weighted by Crippen LogP contribution is 2.12. The van der Waals surface area contributed by atoms with Gasteiger partial charge in [0.25, 0.3) is 16.7 Å². The van der Waals surface area contributed by atoms with Gasteiger partial charge in [-0.05, 0) is 36.1 Å². The predicted molar refractivity (Wildman–Crippen MR) is 215 cm³/mol. The van der Waals surface area contributed by atoms with Gasteiger partial charge in [-0.1, -0.05) is 30.0 Å². The number of carbonyl (C=O) groups is 2. The van der Waals surface area contributed by atoms with Crippen LogP contribution in [0.3, 0.4) is 0 Å². The molecule has 0 unspecified atom stereocenters. The number of carbonyl (C=O) groups excluding carboxylic acids is 2. The zero-order valence-electron chi connectivity index (χ0n) is 31.5.